The second-order valence-corrected chi connectivity index (χ2v) is 5.83. The monoisotopic (exact) mass is 336 g/mol. The predicted molar refractivity (Wildman–Crippen MR) is 89.9 cm³/mol. The standard InChI is InChI=1S/C16H24N4O4/c1-5-11(15(22)24-6-2)8-7-9-20-14(21)12-13(17-10-18(12)3)19(4)16(20)23/h10-11H,5-9H2,1-4H3. The van der Waals surface area contributed by atoms with Crippen molar-refractivity contribution >= 4 is 17.1 Å². The lowest BCUT2D eigenvalue weighted by Gasteiger charge is -2.14. The summed E-state index contributed by atoms with van der Waals surface area (Å²) in [7, 11) is 3.32. The quantitative estimate of drug-likeness (QED) is 0.698. The van der Waals surface area contributed by atoms with E-state index in [1.165, 1.54) is 15.5 Å². The van der Waals surface area contributed by atoms with Gasteiger partial charge in [-0.15, -0.1) is 0 Å². The molecule has 2 aromatic rings. The average molecular weight is 336 g/mol. The molecular weight excluding hydrogens is 312 g/mol. The van der Waals surface area contributed by atoms with Crippen LogP contribution in [-0.4, -0.2) is 31.3 Å². The van der Waals surface area contributed by atoms with E-state index < -0.39 is 5.69 Å². The first-order chi connectivity index (χ1) is 11.4. The third kappa shape index (κ3) is 3.27. The molecule has 0 saturated heterocycles. The van der Waals surface area contributed by atoms with E-state index >= 15 is 0 Å². The average Bonchev–Trinajstić information content (AvgIpc) is 2.94. The van der Waals surface area contributed by atoms with Crippen LogP contribution in [0, 0.1) is 5.92 Å². The lowest BCUT2D eigenvalue weighted by Crippen LogP contribution is -2.39. The van der Waals surface area contributed by atoms with E-state index in [2.05, 4.69) is 4.98 Å². The highest BCUT2D eigenvalue weighted by molar-refractivity contribution is 5.72. The number of nitrogens with zero attached hydrogens (tertiary/aromatic N) is 4. The summed E-state index contributed by atoms with van der Waals surface area (Å²) >= 11 is 0. The van der Waals surface area contributed by atoms with Gasteiger partial charge in [0.1, 0.15) is 0 Å². The molecule has 0 amide bonds. The van der Waals surface area contributed by atoms with E-state index in [-0.39, 0.29) is 24.0 Å². The minimum atomic E-state index is -0.393. The molecule has 0 aliphatic rings. The van der Waals surface area contributed by atoms with E-state index in [0.29, 0.717) is 37.0 Å². The van der Waals surface area contributed by atoms with E-state index in [0.717, 1.165) is 0 Å². The minimum absolute atomic E-state index is 0.204. The zero-order chi connectivity index (χ0) is 17.9. The molecule has 2 heterocycles. The van der Waals surface area contributed by atoms with Gasteiger partial charge in [0.2, 0.25) is 0 Å². The van der Waals surface area contributed by atoms with Gasteiger partial charge in [-0.1, -0.05) is 6.92 Å². The van der Waals surface area contributed by atoms with Crippen molar-refractivity contribution < 1.29 is 9.53 Å². The highest BCUT2D eigenvalue weighted by atomic mass is 16.5. The molecule has 0 aliphatic heterocycles. The molecule has 0 fully saturated rings. The van der Waals surface area contributed by atoms with Crippen LogP contribution in [-0.2, 0) is 30.2 Å². The minimum Gasteiger partial charge on any atom is -0.466 e. The zero-order valence-electron chi connectivity index (χ0n) is 14.6. The van der Waals surface area contributed by atoms with Crippen molar-refractivity contribution in [2.24, 2.45) is 20.0 Å². The Morgan fingerprint density at radius 2 is 2.00 bits per heavy atom. The molecule has 0 spiro atoms. The van der Waals surface area contributed by atoms with Gasteiger partial charge in [-0.2, -0.15) is 0 Å². The van der Waals surface area contributed by atoms with E-state index in [4.69, 9.17) is 4.74 Å². The molecule has 0 radical (unpaired) electrons. The zero-order valence-corrected chi connectivity index (χ0v) is 14.6. The van der Waals surface area contributed by atoms with Crippen LogP contribution in [0.5, 0.6) is 0 Å². The number of hydrogen-bond acceptors (Lipinski definition) is 5. The van der Waals surface area contributed by atoms with E-state index in [9.17, 15) is 14.4 Å². The highest BCUT2D eigenvalue weighted by Crippen LogP contribution is 2.13. The Labute approximate surface area is 139 Å². The summed E-state index contributed by atoms with van der Waals surface area (Å²) in [6, 6.07) is 0. The lowest BCUT2D eigenvalue weighted by atomic mass is 10.0. The molecule has 1 atom stereocenters. The summed E-state index contributed by atoms with van der Waals surface area (Å²) in [5.74, 6) is -0.424. The molecular formula is C16H24N4O4. The second kappa shape index (κ2) is 7.46. The maximum atomic E-state index is 12.6. The summed E-state index contributed by atoms with van der Waals surface area (Å²) in [5.41, 5.74) is 0.0314. The van der Waals surface area contributed by atoms with Crippen molar-refractivity contribution in [1.29, 1.82) is 0 Å². The Balaban J connectivity index is 2.22. The van der Waals surface area contributed by atoms with Crippen molar-refractivity contribution in [1.82, 2.24) is 18.7 Å². The van der Waals surface area contributed by atoms with E-state index in [1.54, 1.807) is 25.6 Å². The number of fused-ring (bicyclic) bond motifs is 1. The number of carbonyl (C=O) groups is 1. The van der Waals surface area contributed by atoms with Gasteiger partial charge < -0.3 is 9.30 Å². The van der Waals surface area contributed by atoms with Crippen molar-refractivity contribution in [2.75, 3.05) is 6.61 Å². The van der Waals surface area contributed by atoms with Gasteiger partial charge in [-0.05, 0) is 26.2 Å². The third-order valence-electron chi connectivity index (χ3n) is 4.25. The Morgan fingerprint density at radius 3 is 2.62 bits per heavy atom. The number of esters is 1. The number of rotatable bonds is 7. The molecule has 0 N–H and O–H groups in total. The fraction of sp³-hybridized carbons (Fsp3) is 0.625. The summed E-state index contributed by atoms with van der Waals surface area (Å²) in [4.78, 5) is 40.9. The van der Waals surface area contributed by atoms with Gasteiger partial charge in [0.25, 0.3) is 5.56 Å². The number of ether oxygens (including phenoxy) is 1. The van der Waals surface area contributed by atoms with Crippen LogP contribution in [0.1, 0.15) is 33.1 Å². The SMILES string of the molecule is CCOC(=O)C(CC)CCCn1c(=O)c2c(ncn2C)n(C)c1=O. The Bertz CT molecular complexity index is 846. The normalized spacial score (nSPS) is 12.5. The maximum absolute atomic E-state index is 12.6. The van der Waals surface area contributed by atoms with Crippen molar-refractivity contribution in [3.8, 4) is 0 Å². The molecule has 8 nitrogen and oxygen atoms in total. The largest absolute Gasteiger partial charge is 0.466 e. The molecule has 0 bridgehead atoms. The van der Waals surface area contributed by atoms with Crippen molar-refractivity contribution in [2.45, 2.75) is 39.7 Å². The predicted octanol–water partition coefficient (Wildman–Crippen LogP) is 0.803. The molecule has 8 heteroatoms. The van der Waals surface area contributed by atoms with Crippen LogP contribution >= 0.6 is 0 Å². The fourth-order valence-corrected chi connectivity index (χ4v) is 2.84. The smallest absolute Gasteiger partial charge is 0.332 e. The first-order valence-electron chi connectivity index (χ1n) is 8.19. The molecule has 0 aliphatic carbocycles. The van der Waals surface area contributed by atoms with Gasteiger partial charge in [0.05, 0.1) is 18.9 Å². The Morgan fingerprint density at radius 1 is 1.29 bits per heavy atom. The highest BCUT2D eigenvalue weighted by Gasteiger charge is 2.19. The number of aryl methyl sites for hydroxylation is 2. The fourth-order valence-electron chi connectivity index (χ4n) is 2.84. The number of hydrogen-bond donors (Lipinski definition) is 0. The van der Waals surface area contributed by atoms with Gasteiger partial charge >= 0.3 is 11.7 Å². The first-order valence-corrected chi connectivity index (χ1v) is 8.19. The van der Waals surface area contributed by atoms with Crippen molar-refractivity contribution in [3.05, 3.63) is 27.2 Å². The van der Waals surface area contributed by atoms with E-state index in [1.807, 2.05) is 6.92 Å². The van der Waals surface area contributed by atoms with Crippen LogP contribution in [0.25, 0.3) is 11.2 Å². The molecule has 1 unspecified atom stereocenters. The summed E-state index contributed by atoms with van der Waals surface area (Å²) in [6.07, 6.45) is 3.32. The summed E-state index contributed by atoms with van der Waals surface area (Å²) in [6.45, 7) is 4.32. The molecule has 24 heavy (non-hydrogen) atoms. The first kappa shape index (κ1) is 18.0. The molecule has 2 aromatic heterocycles. The Hall–Kier alpha value is -2.38. The second-order valence-electron chi connectivity index (χ2n) is 5.83. The van der Waals surface area contributed by atoms with Gasteiger partial charge in [0.15, 0.2) is 11.2 Å². The lowest BCUT2D eigenvalue weighted by molar-refractivity contribution is -0.148. The van der Waals surface area contributed by atoms with Crippen LogP contribution < -0.4 is 11.2 Å². The number of imidazole rings is 1. The Kier molecular flexibility index (Phi) is 5.58. The van der Waals surface area contributed by atoms with Crippen LogP contribution in [0.4, 0.5) is 0 Å². The molecule has 0 saturated carbocycles. The van der Waals surface area contributed by atoms with Crippen molar-refractivity contribution in [3.63, 3.8) is 0 Å². The van der Waals surface area contributed by atoms with Gasteiger partial charge in [0, 0.05) is 20.6 Å². The maximum Gasteiger partial charge on any atom is 0.332 e. The summed E-state index contributed by atoms with van der Waals surface area (Å²) < 4.78 is 9.24. The third-order valence-corrected chi connectivity index (χ3v) is 4.25. The molecule has 0 aromatic carbocycles. The van der Waals surface area contributed by atoms with Crippen LogP contribution in [0.2, 0.25) is 0 Å². The summed E-state index contributed by atoms with van der Waals surface area (Å²) in [5, 5.41) is 0. The number of carbonyl (C=O) groups excluding carboxylic acids is 1. The molecule has 132 valence electrons. The molecule has 2 rings (SSSR count). The van der Waals surface area contributed by atoms with Crippen LogP contribution in [0.3, 0.4) is 0 Å². The topological polar surface area (TPSA) is 88.1 Å². The van der Waals surface area contributed by atoms with Crippen LogP contribution in [0.15, 0.2) is 15.9 Å². The number of aromatic nitrogens is 4. The van der Waals surface area contributed by atoms with Gasteiger partial charge in [-0.25, -0.2) is 9.78 Å². The van der Waals surface area contributed by atoms with Gasteiger partial charge in [-0.3, -0.25) is 18.7 Å².